The van der Waals surface area contributed by atoms with E-state index in [2.05, 4.69) is 63.9 Å². The zero-order chi connectivity index (χ0) is 21.1. The van der Waals surface area contributed by atoms with Crippen molar-refractivity contribution in [1.82, 2.24) is 25.0 Å². The van der Waals surface area contributed by atoms with Crippen LogP contribution < -0.4 is 10.6 Å². The highest BCUT2D eigenvalue weighted by atomic mass is 32.1. The van der Waals surface area contributed by atoms with E-state index in [1.807, 2.05) is 10.7 Å². The van der Waals surface area contributed by atoms with Crippen molar-refractivity contribution in [3.05, 3.63) is 40.8 Å². The van der Waals surface area contributed by atoms with Crippen molar-refractivity contribution in [1.29, 1.82) is 0 Å². The molecule has 30 heavy (non-hydrogen) atoms. The lowest BCUT2D eigenvalue weighted by atomic mass is 9.97. The molecule has 0 radical (unpaired) electrons. The molecule has 2 amide bonds. The molecule has 0 unspecified atom stereocenters. The van der Waals surface area contributed by atoms with E-state index in [1.165, 1.54) is 17.7 Å². The second-order valence-corrected chi connectivity index (χ2v) is 9.38. The molecule has 4 rings (SSSR count). The predicted octanol–water partition coefficient (Wildman–Crippen LogP) is 4.67. The normalized spacial score (nSPS) is 16.8. The van der Waals surface area contributed by atoms with Gasteiger partial charge in [-0.3, -0.25) is 4.90 Å². The monoisotopic (exact) mass is 426 g/mol. The second-order valence-electron chi connectivity index (χ2n) is 8.40. The summed E-state index contributed by atoms with van der Waals surface area (Å²) in [5.41, 5.74) is 1.50. The largest absolute Gasteiger partial charge is 0.336 e. The molecule has 0 saturated carbocycles. The van der Waals surface area contributed by atoms with Gasteiger partial charge in [0.25, 0.3) is 0 Å². The summed E-state index contributed by atoms with van der Waals surface area (Å²) < 4.78 is 1.88. The van der Waals surface area contributed by atoms with Crippen LogP contribution in [0.4, 0.5) is 10.5 Å². The molecule has 2 N–H and O–H groups in total. The Bertz CT molecular complexity index is 975. The fourth-order valence-corrected chi connectivity index (χ4v) is 4.84. The van der Waals surface area contributed by atoms with E-state index in [0.717, 1.165) is 30.0 Å². The smallest absolute Gasteiger partial charge is 0.319 e. The number of carbonyl (C=O) groups excluding carboxylic acids is 1. The Kier molecular flexibility index (Phi) is 6.34. The van der Waals surface area contributed by atoms with Crippen LogP contribution in [-0.2, 0) is 0 Å². The molecule has 3 aromatic rings. The Morgan fingerprint density at radius 3 is 2.80 bits per heavy atom. The molecular formula is C22H30N6OS. The Labute approximate surface area is 181 Å². The Morgan fingerprint density at radius 2 is 2.10 bits per heavy atom. The fourth-order valence-electron chi connectivity index (χ4n) is 3.98. The molecule has 1 aliphatic rings. The van der Waals surface area contributed by atoms with Gasteiger partial charge in [0.05, 0.1) is 24.1 Å². The molecule has 1 aliphatic heterocycles. The SMILES string of the molecule is CC1CCN([C@H](CNC(=O)Nc2cnc3c(cnn3C(C)C)c2)c2cccs2)CC1. The van der Waals surface area contributed by atoms with Crippen LogP contribution >= 0.6 is 11.3 Å². The van der Waals surface area contributed by atoms with Crippen LogP contribution in [-0.4, -0.2) is 45.3 Å². The highest BCUT2D eigenvalue weighted by Gasteiger charge is 2.25. The Balaban J connectivity index is 1.39. The number of carbonyl (C=O) groups is 1. The average Bonchev–Trinajstić information content (AvgIpc) is 3.39. The highest BCUT2D eigenvalue weighted by molar-refractivity contribution is 7.10. The molecule has 3 aromatic heterocycles. The van der Waals surface area contributed by atoms with Crippen LogP contribution in [0, 0.1) is 5.92 Å². The third kappa shape index (κ3) is 4.65. The van der Waals surface area contributed by atoms with Crippen LogP contribution in [0.1, 0.15) is 50.6 Å². The van der Waals surface area contributed by atoms with Crippen molar-refractivity contribution in [3.63, 3.8) is 0 Å². The lowest BCUT2D eigenvalue weighted by Gasteiger charge is -2.36. The van der Waals surface area contributed by atoms with Gasteiger partial charge in [0.2, 0.25) is 0 Å². The molecule has 4 heterocycles. The minimum absolute atomic E-state index is 0.209. The van der Waals surface area contributed by atoms with E-state index in [0.29, 0.717) is 12.2 Å². The van der Waals surface area contributed by atoms with Crippen LogP contribution in [0.15, 0.2) is 36.0 Å². The van der Waals surface area contributed by atoms with Gasteiger partial charge in [-0.1, -0.05) is 13.0 Å². The predicted molar refractivity (Wildman–Crippen MR) is 122 cm³/mol. The Hall–Kier alpha value is -2.45. The van der Waals surface area contributed by atoms with E-state index >= 15 is 0 Å². The summed E-state index contributed by atoms with van der Waals surface area (Å²) in [7, 11) is 0. The summed E-state index contributed by atoms with van der Waals surface area (Å²) >= 11 is 1.75. The number of nitrogens with zero attached hydrogens (tertiary/aromatic N) is 4. The van der Waals surface area contributed by atoms with E-state index < -0.39 is 0 Å². The van der Waals surface area contributed by atoms with Crippen molar-refractivity contribution >= 4 is 34.1 Å². The summed E-state index contributed by atoms with van der Waals surface area (Å²) in [5.74, 6) is 0.781. The zero-order valence-electron chi connectivity index (χ0n) is 17.8. The number of likely N-dealkylation sites (tertiary alicyclic amines) is 1. The highest BCUT2D eigenvalue weighted by Crippen LogP contribution is 2.29. The number of pyridine rings is 1. The van der Waals surface area contributed by atoms with E-state index in [4.69, 9.17) is 0 Å². The molecular weight excluding hydrogens is 396 g/mol. The van der Waals surface area contributed by atoms with Crippen molar-refractivity contribution in [2.75, 3.05) is 25.0 Å². The number of piperidine rings is 1. The summed E-state index contributed by atoms with van der Waals surface area (Å²) in [6.07, 6.45) is 5.90. The summed E-state index contributed by atoms with van der Waals surface area (Å²) in [6, 6.07) is 6.41. The number of aromatic nitrogens is 3. The average molecular weight is 427 g/mol. The van der Waals surface area contributed by atoms with Crippen LogP contribution in [0.3, 0.4) is 0 Å². The number of hydrogen-bond acceptors (Lipinski definition) is 5. The minimum Gasteiger partial charge on any atom is -0.336 e. The molecule has 160 valence electrons. The molecule has 1 fully saturated rings. The summed E-state index contributed by atoms with van der Waals surface area (Å²) in [4.78, 5) is 20.9. The van der Waals surface area contributed by atoms with Crippen LogP contribution in [0.5, 0.6) is 0 Å². The molecule has 0 bridgehead atoms. The second kappa shape index (κ2) is 9.14. The molecule has 0 spiro atoms. The van der Waals surface area contributed by atoms with Crippen LogP contribution in [0.25, 0.3) is 11.0 Å². The van der Waals surface area contributed by atoms with Gasteiger partial charge >= 0.3 is 6.03 Å². The molecule has 1 saturated heterocycles. The number of nitrogens with one attached hydrogen (secondary N) is 2. The van der Waals surface area contributed by atoms with Gasteiger partial charge < -0.3 is 10.6 Å². The van der Waals surface area contributed by atoms with Crippen molar-refractivity contribution in [2.45, 2.75) is 45.7 Å². The lowest BCUT2D eigenvalue weighted by Crippen LogP contribution is -2.42. The summed E-state index contributed by atoms with van der Waals surface area (Å²) in [5, 5.41) is 13.4. The van der Waals surface area contributed by atoms with Crippen LogP contribution in [0.2, 0.25) is 0 Å². The molecule has 0 aliphatic carbocycles. The number of thiophene rings is 1. The first-order valence-electron chi connectivity index (χ1n) is 10.7. The number of rotatable bonds is 6. The molecule has 7 nitrogen and oxygen atoms in total. The maximum absolute atomic E-state index is 12.6. The number of urea groups is 1. The third-order valence-corrected chi connectivity index (χ3v) is 6.74. The maximum Gasteiger partial charge on any atom is 0.319 e. The number of hydrogen-bond donors (Lipinski definition) is 2. The van der Waals surface area contributed by atoms with Gasteiger partial charge in [-0.2, -0.15) is 5.10 Å². The first-order valence-corrected chi connectivity index (χ1v) is 11.5. The first kappa shape index (κ1) is 20.8. The van der Waals surface area contributed by atoms with Crippen molar-refractivity contribution < 1.29 is 4.79 Å². The third-order valence-electron chi connectivity index (χ3n) is 5.77. The van der Waals surface area contributed by atoms with E-state index in [1.54, 1.807) is 23.7 Å². The number of fused-ring (bicyclic) bond motifs is 1. The number of amides is 2. The van der Waals surface area contributed by atoms with Gasteiger partial charge in [0, 0.05) is 22.8 Å². The van der Waals surface area contributed by atoms with Gasteiger partial charge in [-0.25, -0.2) is 14.5 Å². The fraction of sp³-hybridized carbons (Fsp3) is 0.500. The molecule has 1 atom stereocenters. The van der Waals surface area contributed by atoms with Gasteiger partial charge in [0.15, 0.2) is 5.65 Å². The summed E-state index contributed by atoms with van der Waals surface area (Å²) in [6.45, 7) is 9.20. The van der Waals surface area contributed by atoms with Gasteiger partial charge in [-0.15, -0.1) is 11.3 Å². The van der Waals surface area contributed by atoms with Gasteiger partial charge in [0.1, 0.15) is 0 Å². The number of anilines is 1. The van der Waals surface area contributed by atoms with Crippen molar-refractivity contribution in [3.8, 4) is 0 Å². The molecule has 0 aromatic carbocycles. The van der Waals surface area contributed by atoms with Crippen molar-refractivity contribution in [2.24, 2.45) is 5.92 Å². The van der Waals surface area contributed by atoms with E-state index in [9.17, 15) is 4.79 Å². The Morgan fingerprint density at radius 1 is 1.30 bits per heavy atom. The zero-order valence-corrected chi connectivity index (χ0v) is 18.7. The minimum atomic E-state index is -0.209. The standard InChI is InChI=1S/C22H30N6OS/c1-15(2)28-21-17(12-25-28)11-18(13-23-21)26-22(29)24-14-19(20-5-4-10-30-20)27-8-6-16(3)7-9-27/h4-5,10-13,15-16,19H,6-9,14H2,1-3H3,(H2,24,26,29)/t19-/m1/s1. The lowest BCUT2D eigenvalue weighted by molar-refractivity contribution is 0.138. The topological polar surface area (TPSA) is 75.1 Å². The first-order chi connectivity index (χ1) is 14.5. The quantitative estimate of drug-likeness (QED) is 0.601. The molecule has 8 heteroatoms. The maximum atomic E-state index is 12.6. The van der Waals surface area contributed by atoms with E-state index in [-0.39, 0.29) is 18.1 Å². The van der Waals surface area contributed by atoms with Gasteiger partial charge in [-0.05, 0) is 63.2 Å².